The van der Waals surface area contributed by atoms with Gasteiger partial charge in [0.1, 0.15) is 10.8 Å². The number of methoxy groups -OCH3 is 1. The Balaban J connectivity index is 2.90. The highest BCUT2D eigenvalue weighted by Gasteiger charge is 2.85. The van der Waals surface area contributed by atoms with Crippen LogP contribution in [0.25, 0.3) is 0 Å². The Morgan fingerprint density at radius 3 is 1.53 bits per heavy atom. The molecule has 0 N–H and O–H groups in total. The van der Waals surface area contributed by atoms with Gasteiger partial charge in [-0.2, -0.15) is 52.7 Å². The Bertz CT molecular complexity index is 779. The molecule has 0 radical (unpaired) electrons. The third kappa shape index (κ3) is 3.78. The molecule has 0 spiro atoms. The van der Waals surface area contributed by atoms with Crippen molar-refractivity contribution in [1.82, 2.24) is 0 Å². The van der Waals surface area contributed by atoms with Crippen LogP contribution in [0.2, 0.25) is 0 Å². The van der Waals surface area contributed by atoms with E-state index >= 15 is 0 Å². The van der Waals surface area contributed by atoms with E-state index in [4.69, 9.17) is 0 Å². The van der Waals surface area contributed by atoms with Crippen molar-refractivity contribution in [3.05, 3.63) is 29.8 Å². The summed E-state index contributed by atoms with van der Waals surface area (Å²) in [5.41, 5.74) is -7.02. The Hall–Kier alpha value is -1.84. The molecular formula is C14H7F12NO2S. The van der Waals surface area contributed by atoms with Crippen molar-refractivity contribution in [3.63, 3.8) is 0 Å². The van der Waals surface area contributed by atoms with E-state index in [9.17, 15) is 52.7 Å². The SMILES string of the molecule is COc1ccc(C2=NC(C(F)(F)F)(C(F)(F)F)OC(C(F)(F)F)(C(F)(F)F)S2)cc1. The van der Waals surface area contributed by atoms with Gasteiger partial charge >= 0.3 is 35.4 Å². The summed E-state index contributed by atoms with van der Waals surface area (Å²) in [5, 5.41) is -1.84. The monoisotopic (exact) mass is 481 g/mol. The minimum Gasteiger partial charge on any atom is -0.497 e. The van der Waals surface area contributed by atoms with E-state index in [1.54, 1.807) is 0 Å². The molecule has 0 aliphatic carbocycles. The Kier molecular flexibility index (Phi) is 5.78. The molecule has 1 aromatic carbocycles. The van der Waals surface area contributed by atoms with E-state index in [0.29, 0.717) is 12.1 Å². The number of nitrogens with zero attached hydrogens (tertiary/aromatic N) is 1. The van der Waals surface area contributed by atoms with Gasteiger partial charge in [-0.15, -0.1) is 0 Å². The minimum atomic E-state index is -6.83. The number of alkyl halides is 12. The number of thioether (sulfide) groups is 1. The summed E-state index contributed by atoms with van der Waals surface area (Å²) in [7, 11) is 1.10. The fourth-order valence-electron chi connectivity index (χ4n) is 2.21. The average Bonchev–Trinajstić information content (AvgIpc) is 2.57. The Labute approximate surface area is 163 Å². The molecule has 30 heavy (non-hydrogen) atoms. The van der Waals surface area contributed by atoms with Crippen molar-refractivity contribution in [2.24, 2.45) is 4.99 Å². The molecule has 16 heteroatoms. The maximum Gasteiger partial charge on any atom is 0.448 e. The molecule has 0 aromatic heterocycles. The van der Waals surface area contributed by atoms with E-state index in [-0.39, 0.29) is 5.75 Å². The first kappa shape index (κ1) is 24.4. The van der Waals surface area contributed by atoms with E-state index in [0.717, 1.165) is 19.2 Å². The molecule has 1 aliphatic heterocycles. The molecule has 1 aromatic rings. The van der Waals surface area contributed by atoms with Gasteiger partial charge in [-0.3, -0.25) is 0 Å². The smallest absolute Gasteiger partial charge is 0.448 e. The molecule has 0 bridgehead atoms. The van der Waals surface area contributed by atoms with Crippen LogP contribution in [0.4, 0.5) is 52.7 Å². The van der Waals surface area contributed by atoms with E-state index in [1.165, 1.54) is 0 Å². The van der Waals surface area contributed by atoms with Crippen molar-refractivity contribution in [3.8, 4) is 5.75 Å². The summed E-state index contributed by atoms with van der Waals surface area (Å²) in [6, 6.07) is 3.06. The third-order valence-electron chi connectivity index (χ3n) is 3.64. The van der Waals surface area contributed by atoms with Gasteiger partial charge in [-0.05, 0) is 24.3 Å². The number of benzene rings is 1. The van der Waals surface area contributed by atoms with Crippen molar-refractivity contribution >= 4 is 16.8 Å². The summed E-state index contributed by atoms with van der Waals surface area (Å²) >= 11 is -1.47. The second-order valence-electron chi connectivity index (χ2n) is 5.60. The Morgan fingerprint density at radius 1 is 0.767 bits per heavy atom. The van der Waals surface area contributed by atoms with Crippen LogP contribution in [0.15, 0.2) is 29.3 Å². The molecule has 170 valence electrons. The predicted octanol–water partition coefficient (Wildman–Crippen LogP) is 5.85. The zero-order valence-corrected chi connectivity index (χ0v) is 14.8. The van der Waals surface area contributed by atoms with Crippen LogP contribution in [0, 0.1) is 0 Å². The number of halogens is 12. The molecule has 0 fully saturated rings. The first-order valence-corrected chi connectivity index (χ1v) is 8.03. The molecule has 3 nitrogen and oxygen atoms in total. The fraction of sp³-hybridized carbons (Fsp3) is 0.500. The highest BCUT2D eigenvalue weighted by molar-refractivity contribution is 8.15. The molecule has 0 unspecified atom stereocenters. The van der Waals surface area contributed by atoms with Crippen molar-refractivity contribution in [1.29, 1.82) is 0 Å². The number of ether oxygens (including phenoxy) is 2. The van der Waals surface area contributed by atoms with Crippen molar-refractivity contribution in [2.75, 3.05) is 7.11 Å². The van der Waals surface area contributed by atoms with Crippen LogP contribution < -0.4 is 4.74 Å². The molecule has 0 amide bonds. The third-order valence-corrected chi connectivity index (χ3v) is 5.00. The van der Waals surface area contributed by atoms with Crippen LogP contribution >= 0.6 is 11.8 Å². The second-order valence-corrected chi connectivity index (χ2v) is 6.77. The number of rotatable bonds is 2. The summed E-state index contributed by atoms with van der Waals surface area (Å²) in [6.45, 7) is 0. The molecule has 0 saturated carbocycles. The maximum absolute atomic E-state index is 13.3. The van der Waals surface area contributed by atoms with Gasteiger partial charge in [0.15, 0.2) is 0 Å². The second kappa shape index (κ2) is 7.10. The quantitative estimate of drug-likeness (QED) is 0.497. The fourth-order valence-corrected chi connectivity index (χ4v) is 3.30. The number of hydrogen-bond donors (Lipinski definition) is 0. The van der Waals surface area contributed by atoms with Crippen LogP contribution in [0.5, 0.6) is 5.75 Å². The molecule has 0 saturated heterocycles. The number of hydrogen-bond acceptors (Lipinski definition) is 4. The lowest BCUT2D eigenvalue weighted by Crippen LogP contribution is -2.69. The van der Waals surface area contributed by atoms with Gasteiger partial charge in [-0.25, -0.2) is 4.99 Å². The van der Waals surface area contributed by atoms with E-state index in [1.807, 2.05) is 0 Å². The number of aliphatic imine (C=N–C) groups is 1. The predicted molar refractivity (Wildman–Crippen MR) is 77.9 cm³/mol. The molecular weight excluding hydrogens is 474 g/mol. The van der Waals surface area contributed by atoms with Crippen LogP contribution in [0.3, 0.4) is 0 Å². The van der Waals surface area contributed by atoms with Gasteiger partial charge in [0.05, 0.1) is 7.11 Å². The topological polar surface area (TPSA) is 30.8 Å². The average molecular weight is 481 g/mol. The lowest BCUT2D eigenvalue weighted by molar-refractivity contribution is -0.442. The molecule has 2 rings (SSSR count). The molecule has 1 heterocycles. The van der Waals surface area contributed by atoms with Gasteiger partial charge in [0, 0.05) is 5.56 Å². The normalized spacial score (nSPS) is 20.0. The lowest BCUT2D eigenvalue weighted by atomic mass is 10.1. The molecule has 0 atom stereocenters. The van der Waals surface area contributed by atoms with Crippen molar-refractivity contribution < 1.29 is 62.2 Å². The zero-order chi connectivity index (χ0) is 23.4. The van der Waals surface area contributed by atoms with E-state index < -0.39 is 57.7 Å². The first-order valence-electron chi connectivity index (χ1n) is 7.22. The van der Waals surface area contributed by atoms with Crippen LogP contribution in [-0.2, 0) is 4.74 Å². The first-order chi connectivity index (χ1) is 13.3. The maximum atomic E-state index is 13.3. The lowest BCUT2D eigenvalue weighted by Gasteiger charge is -2.46. The van der Waals surface area contributed by atoms with Gasteiger partial charge < -0.3 is 9.47 Å². The van der Waals surface area contributed by atoms with Gasteiger partial charge in [0.25, 0.3) is 0 Å². The largest absolute Gasteiger partial charge is 0.497 e. The van der Waals surface area contributed by atoms with Gasteiger partial charge in [-0.1, -0.05) is 11.8 Å². The highest BCUT2D eigenvalue weighted by atomic mass is 32.2. The summed E-state index contributed by atoms with van der Waals surface area (Å²) in [6.07, 6.45) is -27.1. The minimum absolute atomic E-state index is 0.0350. The van der Waals surface area contributed by atoms with Gasteiger partial charge in [0.2, 0.25) is 0 Å². The van der Waals surface area contributed by atoms with Crippen LogP contribution in [0.1, 0.15) is 5.56 Å². The zero-order valence-electron chi connectivity index (χ0n) is 14.0. The highest BCUT2D eigenvalue weighted by Crippen LogP contribution is 2.62. The van der Waals surface area contributed by atoms with Crippen LogP contribution in [-0.4, -0.2) is 47.5 Å². The van der Waals surface area contributed by atoms with Crippen molar-refractivity contribution in [2.45, 2.75) is 35.4 Å². The molecule has 1 aliphatic rings. The van der Waals surface area contributed by atoms with E-state index in [2.05, 4.69) is 14.5 Å². The summed E-state index contributed by atoms with van der Waals surface area (Å²) in [5.74, 6) is -0.0350. The Morgan fingerprint density at radius 2 is 1.20 bits per heavy atom. The standard InChI is InChI=1S/C14H7F12NO2S/c1-28-7-4-2-6(3-5-7)8-27-9(11(15,16)17,12(18,19)20)29-10(30-8,13(21,22)23)14(24,25)26/h2-5H,1H3. The summed E-state index contributed by atoms with van der Waals surface area (Å²) in [4.78, 5) is -3.74. The summed E-state index contributed by atoms with van der Waals surface area (Å²) < 4.78 is 167.